The zero-order chi connectivity index (χ0) is 21.8. The van der Waals surface area contributed by atoms with Crippen LogP contribution in [0.3, 0.4) is 0 Å². The van der Waals surface area contributed by atoms with Crippen molar-refractivity contribution in [3.05, 3.63) is 60.3 Å². The predicted octanol–water partition coefficient (Wildman–Crippen LogP) is 4.18. The molecule has 0 N–H and O–H groups in total. The average Bonchev–Trinajstić information content (AvgIpc) is 3.40. The standard InChI is InChI=1S/C23H23FN8/c1-3-18-22-29-28-14(2)31(22)19-13-26-23(27-21(19)32(18)17-5-4-6-17)30-12-11-25-20(30)15-7-9-16(24)10-8-15/h7-13,17-18H,3-6H2,1-2H3/t18-/m1/s1. The summed E-state index contributed by atoms with van der Waals surface area (Å²) in [7, 11) is 0. The van der Waals surface area contributed by atoms with Gasteiger partial charge < -0.3 is 4.90 Å². The first kappa shape index (κ1) is 19.1. The van der Waals surface area contributed by atoms with Crippen LogP contribution in [0.5, 0.6) is 0 Å². The zero-order valence-corrected chi connectivity index (χ0v) is 18.0. The first-order valence-corrected chi connectivity index (χ1v) is 11.0. The maximum Gasteiger partial charge on any atom is 0.237 e. The molecule has 6 rings (SSSR count). The van der Waals surface area contributed by atoms with Crippen LogP contribution in [0.4, 0.5) is 10.2 Å². The van der Waals surface area contributed by atoms with Crippen molar-refractivity contribution < 1.29 is 4.39 Å². The van der Waals surface area contributed by atoms with E-state index in [1.807, 2.05) is 23.9 Å². The van der Waals surface area contributed by atoms with Crippen molar-refractivity contribution in [1.82, 2.24) is 34.3 Å². The SMILES string of the molecule is CC[C@@H]1c2nnc(C)n2-c2cnc(-n3ccnc3-c3ccc(F)cc3)nc2N1C1CCC1. The van der Waals surface area contributed by atoms with Crippen LogP contribution in [0, 0.1) is 12.7 Å². The molecule has 0 bridgehead atoms. The number of hydrogen-bond donors (Lipinski definition) is 0. The summed E-state index contributed by atoms with van der Waals surface area (Å²) in [6, 6.07) is 6.86. The van der Waals surface area contributed by atoms with Gasteiger partial charge in [0.2, 0.25) is 5.95 Å². The van der Waals surface area contributed by atoms with E-state index in [0.29, 0.717) is 17.8 Å². The molecular formula is C23H23FN8. The first-order chi connectivity index (χ1) is 15.7. The van der Waals surface area contributed by atoms with Gasteiger partial charge in [-0.25, -0.2) is 14.4 Å². The van der Waals surface area contributed by atoms with Gasteiger partial charge in [-0.1, -0.05) is 6.92 Å². The van der Waals surface area contributed by atoms with Gasteiger partial charge in [0, 0.05) is 24.0 Å². The lowest BCUT2D eigenvalue weighted by atomic mass is 9.89. The molecular weight excluding hydrogens is 407 g/mol. The lowest BCUT2D eigenvalue weighted by Crippen LogP contribution is -2.46. The second kappa shape index (κ2) is 7.22. The van der Waals surface area contributed by atoms with Crippen molar-refractivity contribution in [3.8, 4) is 23.0 Å². The monoisotopic (exact) mass is 430 g/mol. The molecule has 162 valence electrons. The fourth-order valence-electron chi connectivity index (χ4n) is 4.73. The molecule has 1 fully saturated rings. The van der Waals surface area contributed by atoms with Crippen LogP contribution in [0.25, 0.3) is 23.0 Å². The Bertz CT molecular complexity index is 1290. The Morgan fingerprint density at radius 1 is 1.09 bits per heavy atom. The highest BCUT2D eigenvalue weighted by molar-refractivity contribution is 5.64. The van der Waals surface area contributed by atoms with Gasteiger partial charge in [0.25, 0.3) is 0 Å². The highest BCUT2D eigenvalue weighted by atomic mass is 19.1. The normalized spacial score (nSPS) is 17.7. The van der Waals surface area contributed by atoms with E-state index in [1.54, 1.807) is 18.3 Å². The second-order valence-corrected chi connectivity index (χ2v) is 8.36. The number of anilines is 1. The van der Waals surface area contributed by atoms with Crippen molar-refractivity contribution in [1.29, 1.82) is 0 Å². The Kier molecular flexibility index (Phi) is 4.31. The molecule has 0 radical (unpaired) electrons. The fraction of sp³-hybridized carbons (Fsp3) is 0.348. The Morgan fingerprint density at radius 2 is 1.91 bits per heavy atom. The van der Waals surface area contributed by atoms with E-state index >= 15 is 0 Å². The third kappa shape index (κ3) is 2.77. The maximum atomic E-state index is 13.4. The zero-order valence-electron chi connectivity index (χ0n) is 18.0. The summed E-state index contributed by atoms with van der Waals surface area (Å²) < 4.78 is 17.4. The van der Waals surface area contributed by atoms with Crippen LogP contribution in [0.2, 0.25) is 0 Å². The third-order valence-electron chi connectivity index (χ3n) is 6.52. The van der Waals surface area contributed by atoms with Gasteiger partial charge >= 0.3 is 0 Å². The minimum atomic E-state index is -0.279. The van der Waals surface area contributed by atoms with Gasteiger partial charge in [-0.3, -0.25) is 9.13 Å². The van der Waals surface area contributed by atoms with Gasteiger partial charge in [-0.05, 0) is 56.9 Å². The van der Waals surface area contributed by atoms with Gasteiger partial charge in [-0.2, -0.15) is 4.98 Å². The minimum absolute atomic E-state index is 0.121. The van der Waals surface area contributed by atoms with Crippen LogP contribution >= 0.6 is 0 Å². The number of fused-ring (bicyclic) bond motifs is 3. The van der Waals surface area contributed by atoms with Gasteiger partial charge in [0.05, 0.1) is 12.2 Å². The van der Waals surface area contributed by atoms with E-state index < -0.39 is 0 Å². The lowest BCUT2D eigenvalue weighted by molar-refractivity contribution is 0.341. The summed E-state index contributed by atoms with van der Waals surface area (Å²) in [4.78, 5) is 16.6. The summed E-state index contributed by atoms with van der Waals surface area (Å²) in [5.41, 5.74) is 1.71. The highest BCUT2D eigenvalue weighted by Crippen LogP contribution is 2.44. The molecule has 0 unspecified atom stereocenters. The van der Waals surface area contributed by atoms with Crippen LogP contribution < -0.4 is 4.90 Å². The summed E-state index contributed by atoms with van der Waals surface area (Å²) in [6.07, 6.45) is 9.84. The number of nitrogens with zero attached hydrogens (tertiary/aromatic N) is 8. The Balaban J connectivity index is 1.51. The Hall–Kier alpha value is -3.62. The number of benzene rings is 1. The van der Waals surface area contributed by atoms with Crippen molar-refractivity contribution in [3.63, 3.8) is 0 Å². The smallest absolute Gasteiger partial charge is 0.237 e. The molecule has 0 saturated heterocycles. The van der Waals surface area contributed by atoms with Crippen LogP contribution in [-0.2, 0) is 0 Å². The first-order valence-electron chi connectivity index (χ1n) is 11.0. The summed E-state index contributed by atoms with van der Waals surface area (Å²) in [5, 5.41) is 8.85. The van der Waals surface area contributed by atoms with Crippen molar-refractivity contribution >= 4 is 5.82 Å². The van der Waals surface area contributed by atoms with E-state index in [9.17, 15) is 4.39 Å². The molecule has 8 nitrogen and oxygen atoms in total. The lowest BCUT2D eigenvalue weighted by Gasteiger charge is -2.45. The number of imidazole rings is 1. The van der Waals surface area contributed by atoms with E-state index in [4.69, 9.17) is 4.98 Å². The van der Waals surface area contributed by atoms with Crippen LogP contribution in [-0.4, -0.2) is 40.3 Å². The predicted molar refractivity (Wildman–Crippen MR) is 117 cm³/mol. The number of hydrogen-bond acceptors (Lipinski definition) is 6. The van der Waals surface area contributed by atoms with Crippen molar-refractivity contribution in [2.75, 3.05) is 4.90 Å². The van der Waals surface area contributed by atoms with Gasteiger partial charge in [0.15, 0.2) is 11.6 Å². The number of rotatable bonds is 4. The molecule has 1 aromatic carbocycles. The van der Waals surface area contributed by atoms with Crippen LogP contribution in [0.15, 0.2) is 42.9 Å². The molecule has 2 aliphatic rings. The molecule has 32 heavy (non-hydrogen) atoms. The van der Waals surface area contributed by atoms with Gasteiger partial charge in [0.1, 0.15) is 23.2 Å². The molecule has 0 amide bonds. The molecule has 9 heteroatoms. The minimum Gasteiger partial charge on any atom is -0.341 e. The third-order valence-corrected chi connectivity index (χ3v) is 6.52. The molecule has 1 aliphatic heterocycles. The molecule has 1 saturated carbocycles. The second-order valence-electron chi connectivity index (χ2n) is 8.36. The maximum absolute atomic E-state index is 13.4. The van der Waals surface area contributed by atoms with Crippen LogP contribution in [0.1, 0.15) is 50.3 Å². The van der Waals surface area contributed by atoms with E-state index in [1.165, 1.54) is 18.6 Å². The number of aromatic nitrogens is 7. The highest BCUT2D eigenvalue weighted by Gasteiger charge is 2.40. The van der Waals surface area contributed by atoms with E-state index in [-0.39, 0.29) is 11.9 Å². The number of halogens is 1. The Labute approximate surface area is 184 Å². The quantitative estimate of drug-likeness (QED) is 0.483. The average molecular weight is 430 g/mol. The summed E-state index contributed by atoms with van der Waals surface area (Å²) in [6.45, 7) is 4.14. The van der Waals surface area contributed by atoms with Gasteiger partial charge in [-0.15, -0.1) is 10.2 Å². The largest absolute Gasteiger partial charge is 0.341 e. The topological polar surface area (TPSA) is 77.5 Å². The molecule has 0 spiro atoms. The Morgan fingerprint density at radius 3 is 2.62 bits per heavy atom. The van der Waals surface area contributed by atoms with E-state index in [2.05, 4.69) is 36.6 Å². The molecule has 1 atom stereocenters. The van der Waals surface area contributed by atoms with E-state index in [0.717, 1.165) is 48.0 Å². The fourth-order valence-corrected chi connectivity index (χ4v) is 4.73. The molecule has 4 heterocycles. The summed E-state index contributed by atoms with van der Waals surface area (Å²) in [5.74, 6) is 3.62. The van der Waals surface area contributed by atoms with Crippen molar-refractivity contribution in [2.45, 2.75) is 51.6 Å². The molecule has 3 aromatic heterocycles. The summed E-state index contributed by atoms with van der Waals surface area (Å²) >= 11 is 0. The molecule has 4 aromatic rings. The van der Waals surface area contributed by atoms with Crippen molar-refractivity contribution in [2.24, 2.45) is 0 Å². The molecule has 1 aliphatic carbocycles. The number of aryl methyl sites for hydroxylation is 1.